The number of benzene rings is 1. The number of hydrogen-bond acceptors (Lipinski definition) is 4. The predicted molar refractivity (Wildman–Crippen MR) is 78.9 cm³/mol. The maximum atomic E-state index is 12.0. The average Bonchev–Trinajstić information content (AvgIpc) is 2.41. The van der Waals surface area contributed by atoms with Crippen molar-refractivity contribution in [2.24, 2.45) is 5.92 Å². The Kier molecular flexibility index (Phi) is 4.88. The highest BCUT2D eigenvalue weighted by molar-refractivity contribution is 5.94. The van der Waals surface area contributed by atoms with Crippen LogP contribution in [0.25, 0.3) is 0 Å². The monoisotopic (exact) mass is 277 g/mol. The molecule has 110 valence electrons. The molecule has 0 radical (unpaired) electrons. The second-order valence-electron chi connectivity index (χ2n) is 5.46. The van der Waals surface area contributed by atoms with Crippen LogP contribution in [-0.2, 0) is 4.74 Å². The van der Waals surface area contributed by atoms with E-state index in [0.29, 0.717) is 29.5 Å². The zero-order chi connectivity index (χ0) is 14.5. The van der Waals surface area contributed by atoms with E-state index < -0.39 is 0 Å². The summed E-state index contributed by atoms with van der Waals surface area (Å²) in [4.78, 5) is 12.0. The van der Waals surface area contributed by atoms with Crippen LogP contribution >= 0.6 is 0 Å². The van der Waals surface area contributed by atoms with E-state index in [1.165, 1.54) is 6.42 Å². The standard InChI is InChI=1S/C16H23NO3/c1-3-19-16(18)13-8-5-9-14(17)15(13)20-12-7-4-6-11(2)10-12/h5,8-9,11-12H,3-4,6-7,10,17H2,1-2H3. The molecule has 0 spiro atoms. The predicted octanol–water partition coefficient (Wildman–Crippen LogP) is 3.40. The molecule has 0 heterocycles. The Labute approximate surface area is 120 Å². The van der Waals surface area contributed by atoms with Crippen molar-refractivity contribution in [3.8, 4) is 5.75 Å². The number of para-hydroxylation sites is 1. The Balaban J connectivity index is 2.19. The summed E-state index contributed by atoms with van der Waals surface area (Å²) in [5, 5.41) is 0. The topological polar surface area (TPSA) is 61.5 Å². The van der Waals surface area contributed by atoms with Gasteiger partial charge >= 0.3 is 5.97 Å². The van der Waals surface area contributed by atoms with E-state index in [9.17, 15) is 4.79 Å². The molecule has 0 saturated heterocycles. The van der Waals surface area contributed by atoms with Crippen LogP contribution in [0, 0.1) is 5.92 Å². The summed E-state index contributed by atoms with van der Waals surface area (Å²) in [5.41, 5.74) is 6.89. The molecule has 1 saturated carbocycles. The molecule has 0 bridgehead atoms. The molecular weight excluding hydrogens is 254 g/mol. The van der Waals surface area contributed by atoms with Gasteiger partial charge in [0.2, 0.25) is 0 Å². The minimum Gasteiger partial charge on any atom is -0.487 e. The van der Waals surface area contributed by atoms with Crippen molar-refractivity contribution in [3.63, 3.8) is 0 Å². The van der Waals surface area contributed by atoms with Crippen LogP contribution in [0.5, 0.6) is 5.75 Å². The number of esters is 1. The highest BCUT2D eigenvalue weighted by Crippen LogP contribution is 2.33. The molecule has 2 N–H and O–H groups in total. The van der Waals surface area contributed by atoms with E-state index in [2.05, 4.69) is 6.92 Å². The van der Waals surface area contributed by atoms with Gasteiger partial charge in [-0.05, 0) is 44.2 Å². The number of nitrogen functional groups attached to an aromatic ring is 1. The van der Waals surface area contributed by atoms with Crippen molar-refractivity contribution in [2.45, 2.75) is 45.6 Å². The fourth-order valence-corrected chi connectivity index (χ4v) is 2.71. The first-order valence-electron chi connectivity index (χ1n) is 7.34. The molecule has 4 nitrogen and oxygen atoms in total. The van der Waals surface area contributed by atoms with Crippen molar-refractivity contribution in [3.05, 3.63) is 23.8 Å². The molecule has 0 amide bonds. The van der Waals surface area contributed by atoms with E-state index in [1.807, 2.05) is 0 Å². The molecule has 1 aliphatic carbocycles. The largest absolute Gasteiger partial charge is 0.487 e. The second-order valence-corrected chi connectivity index (χ2v) is 5.46. The van der Waals surface area contributed by atoms with Gasteiger partial charge in [0, 0.05) is 0 Å². The number of carbonyl (C=O) groups is 1. The van der Waals surface area contributed by atoms with Gasteiger partial charge < -0.3 is 15.2 Å². The highest BCUT2D eigenvalue weighted by atomic mass is 16.5. The number of hydrogen-bond donors (Lipinski definition) is 1. The van der Waals surface area contributed by atoms with Crippen LogP contribution in [0.4, 0.5) is 5.69 Å². The van der Waals surface area contributed by atoms with Crippen molar-refractivity contribution in [1.82, 2.24) is 0 Å². The van der Waals surface area contributed by atoms with Gasteiger partial charge in [0.1, 0.15) is 5.56 Å². The van der Waals surface area contributed by atoms with Crippen LogP contribution in [-0.4, -0.2) is 18.7 Å². The molecule has 0 aliphatic heterocycles. The third-order valence-corrected chi connectivity index (χ3v) is 3.71. The molecule has 0 aromatic heterocycles. The van der Waals surface area contributed by atoms with Gasteiger partial charge in [-0.25, -0.2) is 4.79 Å². The van der Waals surface area contributed by atoms with Crippen molar-refractivity contribution in [1.29, 1.82) is 0 Å². The average molecular weight is 277 g/mol. The fraction of sp³-hybridized carbons (Fsp3) is 0.562. The van der Waals surface area contributed by atoms with Crippen LogP contribution in [0.3, 0.4) is 0 Å². The lowest BCUT2D eigenvalue weighted by molar-refractivity contribution is 0.0515. The number of rotatable bonds is 4. The van der Waals surface area contributed by atoms with E-state index in [4.69, 9.17) is 15.2 Å². The quantitative estimate of drug-likeness (QED) is 0.676. The van der Waals surface area contributed by atoms with Crippen LogP contribution in [0.15, 0.2) is 18.2 Å². The first kappa shape index (κ1) is 14.7. The summed E-state index contributed by atoms with van der Waals surface area (Å²) in [7, 11) is 0. The lowest BCUT2D eigenvalue weighted by Gasteiger charge is -2.28. The maximum absolute atomic E-state index is 12.0. The van der Waals surface area contributed by atoms with E-state index in [1.54, 1.807) is 25.1 Å². The van der Waals surface area contributed by atoms with Gasteiger partial charge in [0.05, 0.1) is 18.4 Å². The number of ether oxygens (including phenoxy) is 2. The molecule has 2 atom stereocenters. The number of carbonyl (C=O) groups excluding carboxylic acids is 1. The third-order valence-electron chi connectivity index (χ3n) is 3.71. The SMILES string of the molecule is CCOC(=O)c1cccc(N)c1OC1CCCC(C)C1. The minimum atomic E-state index is -0.376. The van der Waals surface area contributed by atoms with Gasteiger partial charge in [0.15, 0.2) is 5.75 Å². The van der Waals surface area contributed by atoms with Gasteiger partial charge in [-0.2, -0.15) is 0 Å². The fourth-order valence-electron chi connectivity index (χ4n) is 2.71. The molecule has 1 aromatic carbocycles. The van der Waals surface area contributed by atoms with Gasteiger partial charge in [0.25, 0.3) is 0 Å². The lowest BCUT2D eigenvalue weighted by atomic mass is 9.88. The van der Waals surface area contributed by atoms with Crippen LogP contribution < -0.4 is 10.5 Å². The Morgan fingerprint density at radius 1 is 1.40 bits per heavy atom. The van der Waals surface area contributed by atoms with Crippen LogP contribution in [0.1, 0.15) is 49.9 Å². The summed E-state index contributed by atoms with van der Waals surface area (Å²) in [6.07, 6.45) is 4.57. The summed E-state index contributed by atoms with van der Waals surface area (Å²) in [6.45, 7) is 4.36. The summed E-state index contributed by atoms with van der Waals surface area (Å²) >= 11 is 0. The van der Waals surface area contributed by atoms with Crippen molar-refractivity contribution in [2.75, 3.05) is 12.3 Å². The second kappa shape index (κ2) is 6.64. The molecule has 1 aliphatic rings. The molecule has 20 heavy (non-hydrogen) atoms. The lowest BCUT2D eigenvalue weighted by Crippen LogP contribution is -2.25. The normalized spacial score (nSPS) is 22.3. The Bertz CT molecular complexity index is 473. The molecule has 1 fully saturated rings. The Hall–Kier alpha value is -1.71. The smallest absolute Gasteiger partial charge is 0.341 e. The van der Waals surface area contributed by atoms with Gasteiger partial charge in [-0.1, -0.05) is 19.4 Å². The Morgan fingerprint density at radius 3 is 2.90 bits per heavy atom. The first-order chi connectivity index (χ1) is 9.61. The number of anilines is 1. The summed E-state index contributed by atoms with van der Waals surface area (Å²) in [6, 6.07) is 5.21. The highest BCUT2D eigenvalue weighted by Gasteiger charge is 2.24. The molecule has 4 heteroatoms. The third kappa shape index (κ3) is 3.44. The van der Waals surface area contributed by atoms with Gasteiger partial charge in [-0.15, -0.1) is 0 Å². The van der Waals surface area contributed by atoms with Gasteiger partial charge in [-0.3, -0.25) is 0 Å². The van der Waals surface area contributed by atoms with E-state index in [-0.39, 0.29) is 12.1 Å². The minimum absolute atomic E-state index is 0.136. The van der Waals surface area contributed by atoms with Crippen molar-refractivity contribution < 1.29 is 14.3 Å². The zero-order valence-corrected chi connectivity index (χ0v) is 12.2. The number of nitrogens with two attached hydrogens (primary N) is 1. The van der Waals surface area contributed by atoms with E-state index >= 15 is 0 Å². The molecule has 2 unspecified atom stereocenters. The Morgan fingerprint density at radius 2 is 2.20 bits per heavy atom. The molecule has 2 rings (SSSR count). The maximum Gasteiger partial charge on any atom is 0.341 e. The first-order valence-corrected chi connectivity index (χ1v) is 7.34. The summed E-state index contributed by atoms with van der Waals surface area (Å²) < 4.78 is 11.1. The van der Waals surface area contributed by atoms with Crippen molar-refractivity contribution >= 4 is 11.7 Å². The van der Waals surface area contributed by atoms with Crippen LogP contribution in [0.2, 0.25) is 0 Å². The summed E-state index contributed by atoms with van der Waals surface area (Å²) in [5.74, 6) is 0.758. The zero-order valence-electron chi connectivity index (χ0n) is 12.2. The molecular formula is C16H23NO3. The van der Waals surface area contributed by atoms with E-state index in [0.717, 1.165) is 19.3 Å². The molecule has 1 aromatic rings.